The van der Waals surface area contributed by atoms with Gasteiger partial charge < -0.3 is 5.32 Å². The lowest BCUT2D eigenvalue weighted by Gasteiger charge is -2.18. The van der Waals surface area contributed by atoms with E-state index in [9.17, 15) is 0 Å². The molecule has 2 aromatic rings. The van der Waals surface area contributed by atoms with Gasteiger partial charge in [0.05, 0.1) is 15.9 Å². The van der Waals surface area contributed by atoms with E-state index >= 15 is 0 Å². The first-order valence-electron chi connectivity index (χ1n) is 7.42. The topological polar surface area (TPSA) is 29.9 Å². The van der Waals surface area contributed by atoms with Gasteiger partial charge in [0.25, 0.3) is 0 Å². The van der Waals surface area contributed by atoms with Crippen LogP contribution < -0.4 is 5.32 Å². The van der Waals surface area contributed by atoms with Gasteiger partial charge in [0.1, 0.15) is 0 Å². The fourth-order valence-corrected chi connectivity index (χ4v) is 3.61. The molecule has 21 heavy (non-hydrogen) atoms. The van der Waals surface area contributed by atoms with Crippen molar-refractivity contribution in [1.29, 1.82) is 0 Å². The van der Waals surface area contributed by atoms with E-state index in [2.05, 4.69) is 65.3 Å². The van der Waals surface area contributed by atoms with Gasteiger partial charge in [-0.05, 0) is 48.8 Å². The van der Waals surface area contributed by atoms with E-state index in [0.717, 1.165) is 23.0 Å². The molecule has 114 valence electrons. The maximum atomic E-state index is 4.59. The van der Waals surface area contributed by atoms with Crippen LogP contribution in [0.3, 0.4) is 0 Å². The Morgan fingerprint density at radius 3 is 2.33 bits per heavy atom. The molecule has 0 saturated heterocycles. The maximum Gasteiger partial charge on any atom is 0.0766 e. The number of rotatable bonds is 5. The van der Waals surface area contributed by atoms with E-state index in [4.69, 9.17) is 0 Å². The lowest BCUT2D eigenvalue weighted by molar-refractivity contribution is 0.559. The molecular weight excluding hydrogens is 326 g/mol. The molecule has 0 saturated carbocycles. The van der Waals surface area contributed by atoms with Crippen LogP contribution in [0.25, 0.3) is 0 Å². The first kappa shape index (κ1) is 16.2. The lowest BCUT2D eigenvalue weighted by atomic mass is 9.98. The van der Waals surface area contributed by atoms with Crippen LogP contribution in [0.15, 0.2) is 22.7 Å². The molecule has 0 amide bonds. The van der Waals surface area contributed by atoms with Gasteiger partial charge in [0.15, 0.2) is 0 Å². The molecule has 2 rings (SSSR count). The third kappa shape index (κ3) is 3.55. The van der Waals surface area contributed by atoms with Crippen LogP contribution in [0.4, 0.5) is 0 Å². The Morgan fingerprint density at radius 1 is 1.24 bits per heavy atom. The zero-order valence-electron chi connectivity index (χ0n) is 13.5. The molecule has 3 nitrogen and oxygen atoms in total. The molecule has 1 heterocycles. The summed E-state index contributed by atoms with van der Waals surface area (Å²) in [6.07, 6.45) is 1.87. The summed E-state index contributed by atoms with van der Waals surface area (Å²) in [4.78, 5) is 0. The predicted octanol–water partition coefficient (Wildman–Crippen LogP) is 3.87. The highest BCUT2D eigenvalue weighted by molar-refractivity contribution is 9.10. The first-order chi connectivity index (χ1) is 9.96. The van der Waals surface area contributed by atoms with Crippen LogP contribution in [0.2, 0.25) is 0 Å². The average Bonchev–Trinajstić information content (AvgIpc) is 2.70. The summed E-state index contributed by atoms with van der Waals surface area (Å²) in [6, 6.07) is 7.03. The van der Waals surface area contributed by atoms with Crippen molar-refractivity contribution in [3.63, 3.8) is 0 Å². The number of aryl methyl sites for hydroxylation is 4. The van der Waals surface area contributed by atoms with Gasteiger partial charge in [-0.1, -0.05) is 36.2 Å². The highest BCUT2D eigenvalue weighted by Gasteiger charge is 2.18. The minimum atomic E-state index is 0.292. The quantitative estimate of drug-likeness (QED) is 0.887. The molecule has 1 atom stereocenters. The number of nitrogens with one attached hydrogen (secondary N) is 1. The predicted molar refractivity (Wildman–Crippen MR) is 91.7 cm³/mol. The van der Waals surface area contributed by atoms with Crippen LogP contribution in [-0.2, 0) is 19.9 Å². The molecule has 1 aromatic heterocycles. The second-order valence-electron chi connectivity index (χ2n) is 5.65. The van der Waals surface area contributed by atoms with Gasteiger partial charge in [-0.3, -0.25) is 4.68 Å². The Morgan fingerprint density at radius 2 is 1.86 bits per heavy atom. The van der Waals surface area contributed by atoms with Crippen molar-refractivity contribution in [3.8, 4) is 0 Å². The molecule has 0 spiro atoms. The summed E-state index contributed by atoms with van der Waals surface area (Å²) in [5, 5.41) is 8.03. The average molecular weight is 350 g/mol. The fourth-order valence-electron chi connectivity index (χ4n) is 2.83. The normalized spacial score (nSPS) is 12.7. The lowest BCUT2D eigenvalue weighted by Crippen LogP contribution is -2.20. The Balaban J connectivity index is 2.33. The summed E-state index contributed by atoms with van der Waals surface area (Å²) in [6.45, 7) is 6.44. The summed E-state index contributed by atoms with van der Waals surface area (Å²) >= 11 is 3.71. The van der Waals surface area contributed by atoms with Gasteiger partial charge in [-0.25, -0.2) is 0 Å². The fraction of sp³-hybridized carbons (Fsp3) is 0.471. The van der Waals surface area contributed by atoms with Crippen LogP contribution in [0.1, 0.15) is 41.0 Å². The van der Waals surface area contributed by atoms with Crippen molar-refractivity contribution in [2.24, 2.45) is 7.05 Å². The van der Waals surface area contributed by atoms with E-state index in [1.807, 2.05) is 18.8 Å². The zero-order valence-corrected chi connectivity index (χ0v) is 15.1. The minimum Gasteiger partial charge on any atom is -0.313 e. The van der Waals surface area contributed by atoms with Gasteiger partial charge >= 0.3 is 0 Å². The molecule has 0 aliphatic heterocycles. The third-order valence-electron chi connectivity index (χ3n) is 3.90. The van der Waals surface area contributed by atoms with Crippen LogP contribution in [-0.4, -0.2) is 16.8 Å². The molecule has 0 aliphatic carbocycles. The molecule has 0 radical (unpaired) electrons. The van der Waals surface area contributed by atoms with Crippen molar-refractivity contribution in [2.45, 2.75) is 39.7 Å². The first-order valence-corrected chi connectivity index (χ1v) is 8.21. The largest absolute Gasteiger partial charge is 0.313 e. The number of hydrogen-bond acceptors (Lipinski definition) is 2. The molecule has 1 unspecified atom stereocenters. The number of nitrogens with zero attached hydrogens (tertiary/aromatic N) is 2. The third-order valence-corrected chi connectivity index (χ3v) is 4.81. The van der Waals surface area contributed by atoms with Crippen molar-refractivity contribution in [2.75, 3.05) is 7.05 Å². The Labute approximate surface area is 135 Å². The van der Waals surface area contributed by atoms with E-state index in [1.165, 1.54) is 22.4 Å². The zero-order chi connectivity index (χ0) is 15.6. The SMILES string of the molecule is CCc1nn(C)c(CC(NC)c2cc(C)cc(C)c2)c1Br. The molecule has 0 fully saturated rings. The summed E-state index contributed by atoms with van der Waals surface area (Å²) in [5.74, 6) is 0. The standard InChI is InChI=1S/C17H24BrN3/c1-6-14-17(18)16(21(5)20-14)10-15(19-4)13-8-11(2)7-12(3)9-13/h7-9,15,19H,6,10H2,1-5H3. The molecule has 0 aliphatic rings. The summed E-state index contributed by atoms with van der Waals surface area (Å²) in [7, 11) is 4.04. The second kappa shape index (κ2) is 6.75. The second-order valence-corrected chi connectivity index (χ2v) is 6.44. The van der Waals surface area contributed by atoms with E-state index in [-0.39, 0.29) is 0 Å². The summed E-state index contributed by atoms with van der Waals surface area (Å²) in [5.41, 5.74) is 6.32. The van der Waals surface area contributed by atoms with Crippen LogP contribution >= 0.6 is 15.9 Å². The Hall–Kier alpha value is -1.13. The molecule has 1 N–H and O–H groups in total. The Kier molecular flexibility index (Phi) is 5.22. The highest BCUT2D eigenvalue weighted by Crippen LogP contribution is 2.27. The van der Waals surface area contributed by atoms with Gasteiger partial charge in [-0.15, -0.1) is 0 Å². The van der Waals surface area contributed by atoms with Crippen molar-refractivity contribution in [3.05, 3.63) is 50.8 Å². The monoisotopic (exact) mass is 349 g/mol. The number of likely N-dealkylation sites (N-methyl/N-ethyl adjacent to an activating group) is 1. The maximum absolute atomic E-state index is 4.59. The van der Waals surface area contributed by atoms with Gasteiger partial charge in [0, 0.05) is 19.5 Å². The van der Waals surface area contributed by atoms with Gasteiger partial charge in [-0.2, -0.15) is 5.10 Å². The molecule has 0 bridgehead atoms. The number of hydrogen-bond donors (Lipinski definition) is 1. The van der Waals surface area contributed by atoms with Crippen molar-refractivity contribution >= 4 is 15.9 Å². The van der Waals surface area contributed by atoms with E-state index in [0.29, 0.717) is 6.04 Å². The van der Waals surface area contributed by atoms with Crippen LogP contribution in [0, 0.1) is 13.8 Å². The number of benzene rings is 1. The highest BCUT2D eigenvalue weighted by atomic mass is 79.9. The van der Waals surface area contributed by atoms with Gasteiger partial charge in [0.2, 0.25) is 0 Å². The summed E-state index contributed by atoms with van der Waals surface area (Å²) < 4.78 is 3.15. The minimum absolute atomic E-state index is 0.292. The molecular formula is C17H24BrN3. The van der Waals surface area contributed by atoms with Crippen molar-refractivity contribution in [1.82, 2.24) is 15.1 Å². The smallest absolute Gasteiger partial charge is 0.0766 e. The van der Waals surface area contributed by atoms with E-state index in [1.54, 1.807) is 0 Å². The molecule has 1 aromatic carbocycles. The van der Waals surface area contributed by atoms with Crippen LogP contribution in [0.5, 0.6) is 0 Å². The molecule has 4 heteroatoms. The Bertz CT molecular complexity index is 611. The van der Waals surface area contributed by atoms with Crippen molar-refractivity contribution < 1.29 is 0 Å². The number of halogens is 1. The number of aromatic nitrogens is 2. The van der Waals surface area contributed by atoms with E-state index < -0.39 is 0 Å².